The summed E-state index contributed by atoms with van der Waals surface area (Å²) in [7, 11) is 0. The summed E-state index contributed by atoms with van der Waals surface area (Å²) in [5.41, 5.74) is 6.63. The zero-order chi connectivity index (χ0) is 30.6. The lowest BCUT2D eigenvalue weighted by atomic mass is 9.96. The fourth-order valence-corrected chi connectivity index (χ4v) is 6.03. The van der Waals surface area contributed by atoms with Crippen molar-refractivity contribution in [1.29, 1.82) is 0 Å². The molecule has 0 fully saturated rings. The number of aliphatic hydroxyl groups excluding tert-OH is 1. The number of carbonyl (C=O) groups is 2. The van der Waals surface area contributed by atoms with E-state index >= 15 is 0 Å². The molecule has 0 aliphatic carbocycles. The van der Waals surface area contributed by atoms with E-state index < -0.39 is 6.10 Å². The molecule has 6 rings (SSSR count). The summed E-state index contributed by atoms with van der Waals surface area (Å²) in [5.74, 6) is 1.31. The molecule has 1 aromatic heterocycles. The number of aryl methyl sites for hydroxylation is 1. The summed E-state index contributed by atoms with van der Waals surface area (Å²) in [6.45, 7) is 5.53. The highest BCUT2D eigenvalue weighted by atomic mass is 79.9. The number of β-amino-alcohol motifs (C(OH)–C–C–N with tert-alkyl or cyclic N) is 1. The van der Waals surface area contributed by atoms with Crippen LogP contribution in [0.4, 0.5) is 0 Å². The van der Waals surface area contributed by atoms with Crippen molar-refractivity contribution in [2.24, 2.45) is 0 Å². The number of halogens is 1. The third-order valence-corrected chi connectivity index (χ3v) is 8.84. The number of carbonyl (C=O) groups excluding carboxylic acids is 2. The Kier molecular flexibility index (Phi) is 9.11. The van der Waals surface area contributed by atoms with Gasteiger partial charge in [0, 0.05) is 54.9 Å². The number of oxazole rings is 1. The molecule has 2 aliphatic heterocycles. The van der Waals surface area contributed by atoms with Gasteiger partial charge in [0.05, 0.1) is 11.8 Å². The molecule has 44 heavy (non-hydrogen) atoms. The van der Waals surface area contributed by atoms with Gasteiger partial charge in [0.15, 0.2) is 12.2 Å². The zero-order valence-electron chi connectivity index (χ0n) is 24.6. The highest BCUT2D eigenvalue weighted by molar-refractivity contribution is 9.10. The highest BCUT2D eigenvalue weighted by Gasteiger charge is 2.24. The molecule has 3 heterocycles. The van der Waals surface area contributed by atoms with Crippen LogP contribution in [0.25, 0.3) is 0 Å². The number of amides is 2. The van der Waals surface area contributed by atoms with Crippen LogP contribution in [0, 0.1) is 6.92 Å². The summed E-state index contributed by atoms with van der Waals surface area (Å²) in [5, 5.41) is 13.6. The van der Waals surface area contributed by atoms with E-state index in [-0.39, 0.29) is 18.4 Å². The molecule has 1 atom stereocenters. The lowest BCUT2D eigenvalue weighted by Gasteiger charge is -2.30. The Bertz CT molecular complexity index is 1650. The number of aliphatic hydroxyl groups is 1. The van der Waals surface area contributed by atoms with E-state index in [1.165, 1.54) is 17.5 Å². The topological polar surface area (TPSA) is 108 Å². The van der Waals surface area contributed by atoms with E-state index in [1.807, 2.05) is 54.3 Å². The molecule has 0 saturated heterocycles. The zero-order valence-corrected chi connectivity index (χ0v) is 26.2. The molecule has 10 heteroatoms. The lowest BCUT2D eigenvalue weighted by molar-refractivity contribution is 0.0734. The number of hydrogen-bond donors (Lipinski definition) is 2. The monoisotopic (exact) mass is 658 g/mol. The van der Waals surface area contributed by atoms with Gasteiger partial charge in [-0.3, -0.25) is 14.5 Å². The number of benzene rings is 3. The van der Waals surface area contributed by atoms with E-state index in [4.69, 9.17) is 9.15 Å². The number of rotatable bonds is 9. The molecule has 2 aliphatic rings. The summed E-state index contributed by atoms with van der Waals surface area (Å²) in [6, 6.07) is 19.1. The minimum absolute atomic E-state index is 0.00375. The Morgan fingerprint density at radius 1 is 0.977 bits per heavy atom. The van der Waals surface area contributed by atoms with Gasteiger partial charge in [0.1, 0.15) is 12.4 Å². The SMILES string of the molecule is Cc1ncoc1COc1ccc2c(c1)CCN(CC(O)CNC(=O)c1ccc3c(c1)CCN(C(=O)c1ccc(Br)cc1)C3)C2. The molecular formula is C34H35BrN4O5. The highest BCUT2D eigenvalue weighted by Crippen LogP contribution is 2.26. The van der Waals surface area contributed by atoms with Crippen LogP contribution in [0.5, 0.6) is 5.75 Å². The van der Waals surface area contributed by atoms with Crippen LogP contribution >= 0.6 is 15.9 Å². The molecule has 9 nitrogen and oxygen atoms in total. The molecular weight excluding hydrogens is 624 g/mol. The average molecular weight is 660 g/mol. The number of ether oxygens (including phenoxy) is 1. The third-order valence-electron chi connectivity index (χ3n) is 8.31. The van der Waals surface area contributed by atoms with Gasteiger partial charge in [0.25, 0.3) is 11.8 Å². The van der Waals surface area contributed by atoms with Gasteiger partial charge >= 0.3 is 0 Å². The maximum Gasteiger partial charge on any atom is 0.254 e. The Morgan fingerprint density at radius 2 is 1.70 bits per heavy atom. The molecule has 0 saturated carbocycles. The van der Waals surface area contributed by atoms with Crippen LogP contribution in [0.2, 0.25) is 0 Å². The van der Waals surface area contributed by atoms with Gasteiger partial charge in [-0.05, 0) is 90.6 Å². The average Bonchev–Trinajstić information content (AvgIpc) is 3.46. The van der Waals surface area contributed by atoms with Crippen molar-refractivity contribution in [2.45, 2.75) is 45.6 Å². The van der Waals surface area contributed by atoms with Crippen molar-refractivity contribution in [3.8, 4) is 5.75 Å². The quantitative estimate of drug-likeness (QED) is 0.269. The van der Waals surface area contributed by atoms with Crippen LogP contribution in [-0.2, 0) is 32.5 Å². The van der Waals surface area contributed by atoms with Crippen molar-refractivity contribution in [3.63, 3.8) is 0 Å². The van der Waals surface area contributed by atoms with E-state index in [2.05, 4.69) is 43.3 Å². The van der Waals surface area contributed by atoms with E-state index in [1.54, 1.807) is 6.07 Å². The Labute approximate surface area is 265 Å². The first-order valence-electron chi connectivity index (χ1n) is 14.8. The third kappa shape index (κ3) is 7.04. The van der Waals surface area contributed by atoms with Crippen LogP contribution in [0.3, 0.4) is 0 Å². The van der Waals surface area contributed by atoms with Crippen LogP contribution < -0.4 is 10.1 Å². The fourth-order valence-electron chi connectivity index (χ4n) is 5.76. The molecule has 4 aromatic rings. The Hall–Kier alpha value is -3.99. The number of fused-ring (bicyclic) bond motifs is 2. The van der Waals surface area contributed by atoms with E-state index in [0.717, 1.165) is 52.3 Å². The predicted molar refractivity (Wildman–Crippen MR) is 168 cm³/mol. The van der Waals surface area contributed by atoms with Crippen molar-refractivity contribution in [1.82, 2.24) is 20.1 Å². The van der Waals surface area contributed by atoms with Crippen LogP contribution in [0.15, 0.2) is 75.9 Å². The first kappa shape index (κ1) is 30.1. The predicted octanol–water partition coefficient (Wildman–Crippen LogP) is 4.67. The maximum absolute atomic E-state index is 12.9. The number of hydrogen-bond acceptors (Lipinski definition) is 7. The molecule has 0 bridgehead atoms. The summed E-state index contributed by atoms with van der Waals surface area (Å²) >= 11 is 3.41. The molecule has 2 amide bonds. The van der Waals surface area contributed by atoms with Gasteiger partial charge in [-0.25, -0.2) is 4.98 Å². The lowest BCUT2D eigenvalue weighted by Crippen LogP contribution is -2.42. The van der Waals surface area contributed by atoms with Crippen molar-refractivity contribution in [2.75, 3.05) is 26.2 Å². The summed E-state index contributed by atoms with van der Waals surface area (Å²) in [4.78, 5) is 34.0. The molecule has 0 spiro atoms. The number of nitrogens with zero attached hydrogens (tertiary/aromatic N) is 3. The van der Waals surface area contributed by atoms with Crippen molar-refractivity contribution < 1.29 is 23.8 Å². The van der Waals surface area contributed by atoms with Crippen LogP contribution in [-0.4, -0.2) is 64.0 Å². The first-order chi connectivity index (χ1) is 21.3. The second-order valence-electron chi connectivity index (χ2n) is 11.4. The molecule has 0 radical (unpaired) electrons. The smallest absolute Gasteiger partial charge is 0.254 e. The molecule has 3 aromatic carbocycles. The van der Waals surface area contributed by atoms with Gasteiger partial charge in [-0.1, -0.05) is 28.1 Å². The van der Waals surface area contributed by atoms with Crippen LogP contribution in [0.1, 0.15) is 54.4 Å². The summed E-state index contributed by atoms with van der Waals surface area (Å²) in [6.07, 6.45) is 2.28. The second kappa shape index (κ2) is 13.3. The Morgan fingerprint density at radius 3 is 2.50 bits per heavy atom. The fraction of sp³-hybridized carbons (Fsp3) is 0.324. The van der Waals surface area contributed by atoms with Crippen molar-refractivity contribution in [3.05, 3.63) is 116 Å². The summed E-state index contributed by atoms with van der Waals surface area (Å²) < 4.78 is 12.2. The van der Waals surface area contributed by atoms with Gasteiger partial charge in [-0.15, -0.1) is 0 Å². The molecule has 2 N–H and O–H groups in total. The number of nitrogens with one attached hydrogen (secondary N) is 1. The maximum atomic E-state index is 12.9. The van der Waals surface area contributed by atoms with Gasteiger partial charge in [0.2, 0.25) is 0 Å². The standard InChI is InChI=1S/C34H35BrN4O5/c1-22-32(44-21-37-22)20-43-31-9-6-27-17-38(12-10-25(27)15-31)19-30(40)16-36-33(41)26-2-3-28-18-39(13-11-24(28)14-26)34(42)23-4-7-29(35)8-5-23/h2-9,14-15,21,30,40H,10-13,16-20H2,1H3,(H,36,41). The second-order valence-corrected chi connectivity index (χ2v) is 12.3. The van der Waals surface area contributed by atoms with Gasteiger partial charge < -0.3 is 24.5 Å². The first-order valence-corrected chi connectivity index (χ1v) is 15.6. The minimum Gasteiger partial charge on any atom is -0.486 e. The largest absolute Gasteiger partial charge is 0.486 e. The Balaban J connectivity index is 0.966. The molecule has 1 unspecified atom stereocenters. The van der Waals surface area contributed by atoms with Crippen molar-refractivity contribution >= 4 is 27.7 Å². The minimum atomic E-state index is -0.691. The normalized spacial score (nSPS) is 15.3. The molecule has 228 valence electrons. The van der Waals surface area contributed by atoms with E-state index in [0.29, 0.717) is 43.8 Å². The van der Waals surface area contributed by atoms with E-state index in [9.17, 15) is 14.7 Å². The van der Waals surface area contributed by atoms with Gasteiger partial charge in [-0.2, -0.15) is 0 Å². The number of aromatic nitrogens is 1.